The molecule has 1 aliphatic heterocycles. The van der Waals surface area contributed by atoms with E-state index in [9.17, 15) is 18.4 Å². The van der Waals surface area contributed by atoms with E-state index in [0.29, 0.717) is 33.4 Å². The highest BCUT2D eigenvalue weighted by Crippen LogP contribution is 2.36. The number of amides is 2. The van der Waals surface area contributed by atoms with Crippen molar-refractivity contribution in [2.75, 3.05) is 12.4 Å². The molecule has 39 heavy (non-hydrogen) atoms. The molecule has 1 aliphatic rings. The number of nitrogens with one attached hydrogen (secondary N) is 1. The van der Waals surface area contributed by atoms with Gasteiger partial charge in [-0.1, -0.05) is 22.9 Å². The molecule has 4 aromatic heterocycles. The molecule has 2 amide bonds. The summed E-state index contributed by atoms with van der Waals surface area (Å²) in [7, 11) is 2.88. The van der Waals surface area contributed by atoms with Crippen LogP contribution in [0.5, 0.6) is 5.75 Å². The molecular weight excluding hydrogens is 552 g/mol. The van der Waals surface area contributed by atoms with Gasteiger partial charge in [0.25, 0.3) is 18.2 Å². The van der Waals surface area contributed by atoms with E-state index in [1.54, 1.807) is 19.1 Å². The van der Waals surface area contributed by atoms with Crippen LogP contribution in [0, 0.1) is 13.8 Å². The summed E-state index contributed by atoms with van der Waals surface area (Å²) >= 11 is 7.33. The van der Waals surface area contributed by atoms with Crippen LogP contribution in [-0.4, -0.2) is 48.6 Å². The van der Waals surface area contributed by atoms with E-state index in [-0.39, 0.29) is 35.1 Å². The first-order chi connectivity index (χ1) is 18.6. The fourth-order valence-electron chi connectivity index (χ4n) is 4.50. The monoisotopic (exact) mass is 573 g/mol. The molecule has 10 nitrogen and oxygen atoms in total. The molecule has 202 valence electrons. The van der Waals surface area contributed by atoms with E-state index in [0.717, 1.165) is 9.56 Å². The lowest BCUT2D eigenvalue weighted by Gasteiger charge is -2.16. The van der Waals surface area contributed by atoms with Crippen LogP contribution in [0.25, 0.3) is 11.1 Å². The van der Waals surface area contributed by atoms with Crippen molar-refractivity contribution in [3.8, 4) is 16.9 Å². The number of fused-ring (bicyclic) bond motifs is 1. The second-order valence-corrected chi connectivity index (χ2v) is 10.3. The predicted molar refractivity (Wildman–Crippen MR) is 140 cm³/mol. The number of pyridine rings is 2. The zero-order valence-corrected chi connectivity index (χ0v) is 22.8. The Balaban J connectivity index is 1.36. The van der Waals surface area contributed by atoms with Gasteiger partial charge in [-0.05, 0) is 26.0 Å². The van der Waals surface area contributed by atoms with Crippen molar-refractivity contribution in [1.29, 1.82) is 0 Å². The molecule has 0 fully saturated rings. The molecule has 0 bridgehead atoms. The highest BCUT2D eigenvalue weighted by atomic mass is 35.5. The zero-order valence-electron chi connectivity index (χ0n) is 21.3. The van der Waals surface area contributed by atoms with Crippen molar-refractivity contribution in [2.24, 2.45) is 7.05 Å². The lowest BCUT2D eigenvalue weighted by molar-refractivity contribution is 0.0735. The Hall–Kier alpha value is -3.97. The number of rotatable bonds is 6. The van der Waals surface area contributed by atoms with E-state index in [2.05, 4.69) is 25.4 Å². The molecule has 1 N–H and O–H groups in total. The molecule has 14 heteroatoms. The Morgan fingerprint density at radius 3 is 2.62 bits per heavy atom. The van der Waals surface area contributed by atoms with Crippen LogP contribution in [0.15, 0.2) is 24.5 Å². The number of hydrogen-bond acceptors (Lipinski definition) is 8. The van der Waals surface area contributed by atoms with Gasteiger partial charge in [-0.15, -0.1) is 0 Å². The second kappa shape index (κ2) is 10.3. The first-order valence-corrected chi connectivity index (χ1v) is 12.8. The maximum Gasteiger partial charge on any atom is 0.280 e. The van der Waals surface area contributed by atoms with Gasteiger partial charge in [-0.25, -0.2) is 18.7 Å². The number of aromatic nitrogens is 5. The number of carbonyl (C=O) groups excluding carboxylic acids is 2. The highest BCUT2D eigenvalue weighted by molar-refractivity contribution is 7.16. The van der Waals surface area contributed by atoms with Gasteiger partial charge in [0, 0.05) is 30.1 Å². The average Bonchev–Trinajstić information content (AvgIpc) is 3.54. The summed E-state index contributed by atoms with van der Waals surface area (Å²) in [5.41, 5.74) is 2.43. The molecular formula is C25H22ClF2N7O3S. The van der Waals surface area contributed by atoms with Gasteiger partial charge >= 0.3 is 0 Å². The number of methoxy groups -OCH3 is 1. The fourth-order valence-corrected chi connectivity index (χ4v) is 5.64. The van der Waals surface area contributed by atoms with Crippen molar-refractivity contribution in [3.05, 3.63) is 68.5 Å². The van der Waals surface area contributed by atoms with Crippen molar-refractivity contribution < 1.29 is 23.1 Å². The molecule has 0 unspecified atom stereocenters. The topological polar surface area (TPSA) is 115 Å². The molecule has 0 aliphatic carbocycles. The van der Waals surface area contributed by atoms with Crippen molar-refractivity contribution in [2.45, 2.75) is 33.4 Å². The molecule has 4 aromatic rings. The Morgan fingerprint density at radius 2 is 1.92 bits per heavy atom. The molecule has 0 radical (unpaired) electrons. The third-order valence-corrected chi connectivity index (χ3v) is 7.48. The summed E-state index contributed by atoms with van der Waals surface area (Å²) in [5, 5.41) is 7.38. The van der Waals surface area contributed by atoms with E-state index >= 15 is 0 Å². The molecule has 5 heterocycles. The SMILES string of the molecule is COc1cnc(Cl)cc1-c1cc(C)ncc1C(=O)Nc1nc2c(s1)CN(C(=O)c1c(C)nn(C)c1C(F)F)C2. The summed E-state index contributed by atoms with van der Waals surface area (Å²) in [6.07, 6.45) is 0.105. The normalized spacial score (nSPS) is 12.7. The maximum absolute atomic E-state index is 13.6. The van der Waals surface area contributed by atoms with Gasteiger partial charge in [0.2, 0.25) is 0 Å². The summed E-state index contributed by atoms with van der Waals surface area (Å²) < 4.78 is 33.6. The summed E-state index contributed by atoms with van der Waals surface area (Å²) in [6.45, 7) is 3.64. The van der Waals surface area contributed by atoms with Crippen LogP contribution in [0.3, 0.4) is 0 Å². The number of hydrogen-bond donors (Lipinski definition) is 1. The first-order valence-electron chi connectivity index (χ1n) is 11.6. The zero-order chi connectivity index (χ0) is 28.0. The van der Waals surface area contributed by atoms with Crippen molar-refractivity contribution in [3.63, 3.8) is 0 Å². The third-order valence-electron chi connectivity index (χ3n) is 6.28. The van der Waals surface area contributed by atoms with Crippen LogP contribution < -0.4 is 10.1 Å². The Labute approximate surface area is 230 Å². The number of halogens is 3. The van der Waals surface area contributed by atoms with E-state index in [4.69, 9.17) is 16.3 Å². The number of nitrogens with zero attached hydrogens (tertiary/aromatic N) is 6. The molecule has 0 atom stereocenters. The Kier molecular flexibility index (Phi) is 7.03. The van der Waals surface area contributed by atoms with Crippen LogP contribution in [0.2, 0.25) is 5.15 Å². The van der Waals surface area contributed by atoms with Crippen molar-refractivity contribution in [1.82, 2.24) is 29.6 Å². The molecule has 0 spiro atoms. The fraction of sp³-hybridized carbons (Fsp3) is 0.280. The quantitative estimate of drug-likeness (QED) is 0.324. The molecule has 0 aromatic carbocycles. The number of anilines is 1. The lowest BCUT2D eigenvalue weighted by Crippen LogP contribution is -2.27. The lowest BCUT2D eigenvalue weighted by atomic mass is 10.0. The van der Waals surface area contributed by atoms with Gasteiger partial charge < -0.3 is 9.64 Å². The smallest absolute Gasteiger partial charge is 0.280 e. The van der Waals surface area contributed by atoms with Crippen molar-refractivity contribution >= 4 is 39.9 Å². The van der Waals surface area contributed by atoms with Gasteiger partial charge in [-0.3, -0.25) is 24.6 Å². The molecule has 0 saturated carbocycles. The predicted octanol–water partition coefficient (Wildman–Crippen LogP) is 4.96. The largest absolute Gasteiger partial charge is 0.494 e. The van der Waals surface area contributed by atoms with Crippen LogP contribution >= 0.6 is 22.9 Å². The number of thiazole rings is 1. The average molecular weight is 574 g/mol. The number of aryl methyl sites for hydroxylation is 3. The van der Waals surface area contributed by atoms with Gasteiger partial charge in [0.05, 0.1) is 53.8 Å². The van der Waals surface area contributed by atoms with E-state index < -0.39 is 23.9 Å². The third kappa shape index (κ3) is 4.94. The highest BCUT2D eigenvalue weighted by Gasteiger charge is 2.34. The van der Waals surface area contributed by atoms with Gasteiger partial charge in [0.15, 0.2) is 5.13 Å². The molecule has 5 rings (SSSR count). The maximum atomic E-state index is 13.6. The minimum absolute atomic E-state index is 0.0952. The number of carbonyl (C=O) groups is 2. The Bertz CT molecular complexity index is 1600. The summed E-state index contributed by atoms with van der Waals surface area (Å²) in [4.78, 5) is 41.4. The van der Waals surface area contributed by atoms with Gasteiger partial charge in [0.1, 0.15) is 16.6 Å². The van der Waals surface area contributed by atoms with E-state index in [1.807, 2.05) is 0 Å². The summed E-state index contributed by atoms with van der Waals surface area (Å²) in [5.74, 6) is -0.539. The van der Waals surface area contributed by atoms with Gasteiger partial charge in [-0.2, -0.15) is 5.10 Å². The minimum Gasteiger partial charge on any atom is -0.494 e. The molecule has 0 saturated heterocycles. The Morgan fingerprint density at radius 1 is 1.15 bits per heavy atom. The standard InChI is InChI=1S/C25H22ClF2N7O3S/c1-11-5-13(14-6-19(26)30-8-17(14)38-4)15(7-29-11)23(36)32-25-31-16-9-35(10-18(16)39-25)24(37)20-12(2)33-34(3)21(20)22(27)28/h5-8,22H,9-10H2,1-4H3,(H,31,32,36). The second-order valence-electron chi connectivity index (χ2n) is 8.85. The summed E-state index contributed by atoms with van der Waals surface area (Å²) in [6, 6.07) is 3.36. The first kappa shape index (κ1) is 26.6. The minimum atomic E-state index is -2.84. The van der Waals surface area contributed by atoms with Crippen LogP contribution in [0.1, 0.15) is 54.8 Å². The van der Waals surface area contributed by atoms with E-state index in [1.165, 1.54) is 49.7 Å². The number of alkyl halides is 2. The number of ether oxygens (including phenoxy) is 1. The van der Waals surface area contributed by atoms with Crippen LogP contribution in [0.4, 0.5) is 13.9 Å². The van der Waals surface area contributed by atoms with Crippen LogP contribution in [-0.2, 0) is 20.1 Å².